The van der Waals surface area contributed by atoms with Gasteiger partial charge in [-0.15, -0.1) is 0 Å². The number of fused-ring (bicyclic) bond motifs is 3. The molecule has 6 rings (SSSR count). The Balaban J connectivity index is 1.30. The number of ether oxygens (including phenoxy) is 6. The van der Waals surface area contributed by atoms with E-state index in [9.17, 15) is 4.79 Å². The Labute approximate surface area is 197 Å². The van der Waals surface area contributed by atoms with Crippen molar-refractivity contribution in [1.82, 2.24) is 0 Å². The molecule has 0 N–H and O–H groups in total. The molecule has 174 valence electrons. The highest BCUT2D eigenvalue weighted by Crippen LogP contribution is 2.49. The molecule has 3 aromatic carbocycles. The maximum Gasteiger partial charge on any atom is 0.312 e. The van der Waals surface area contributed by atoms with Gasteiger partial charge in [0.15, 0.2) is 23.0 Å². The molecule has 3 heterocycles. The Morgan fingerprint density at radius 3 is 2.71 bits per heavy atom. The van der Waals surface area contributed by atoms with Crippen LogP contribution in [0.15, 0.2) is 48.5 Å². The van der Waals surface area contributed by atoms with Gasteiger partial charge in [-0.2, -0.15) is 0 Å². The molecule has 1 atom stereocenters. The van der Waals surface area contributed by atoms with Gasteiger partial charge in [0, 0.05) is 36.0 Å². The lowest BCUT2D eigenvalue weighted by Crippen LogP contribution is -2.21. The van der Waals surface area contributed by atoms with Gasteiger partial charge >= 0.3 is 5.97 Å². The van der Waals surface area contributed by atoms with Gasteiger partial charge in [0.25, 0.3) is 0 Å². The summed E-state index contributed by atoms with van der Waals surface area (Å²) >= 11 is 0. The van der Waals surface area contributed by atoms with E-state index in [1.807, 2.05) is 30.3 Å². The normalized spacial score (nSPS) is 17.4. The van der Waals surface area contributed by atoms with Crippen LogP contribution in [0.3, 0.4) is 0 Å². The lowest BCUT2D eigenvalue weighted by atomic mass is 9.85. The highest BCUT2D eigenvalue weighted by atomic mass is 16.7. The van der Waals surface area contributed by atoms with Crippen LogP contribution in [0.1, 0.15) is 34.6 Å². The number of methoxy groups -OCH3 is 1. The predicted octanol–water partition coefficient (Wildman–Crippen LogP) is 4.42. The zero-order valence-electron chi connectivity index (χ0n) is 18.8. The van der Waals surface area contributed by atoms with E-state index in [0.717, 1.165) is 36.3 Å². The van der Waals surface area contributed by atoms with Gasteiger partial charge in [-0.05, 0) is 29.3 Å². The first-order chi connectivity index (χ1) is 16.7. The molecule has 0 aliphatic carbocycles. The summed E-state index contributed by atoms with van der Waals surface area (Å²) in [5, 5.41) is 0. The third-order valence-corrected chi connectivity index (χ3v) is 6.47. The van der Waals surface area contributed by atoms with Crippen molar-refractivity contribution in [2.75, 3.05) is 27.1 Å². The average Bonchev–Trinajstić information content (AvgIpc) is 3.51. The van der Waals surface area contributed by atoms with Gasteiger partial charge in [0.05, 0.1) is 26.7 Å². The highest BCUT2D eigenvalue weighted by Gasteiger charge is 2.34. The second kappa shape index (κ2) is 8.48. The molecule has 7 nitrogen and oxygen atoms in total. The number of esters is 1. The van der Waals surface area contributed by atoms with Crippen molar-refractivity contribution in [3.05, 3.63) is 70.8 Å². The summed E-state index contributed by atoms with van der Waals surface area (Å²) < 4.78 is 34.1. The minimum atomic E-state index is -0.300. The van der Waals surface area contributed by atoms with Gasteiger partial charge in [-0.3, -0.25) is 4.79 Å². The Bertz CT molecular complexity index is 1270. The van der Waals surface area contributed by atoms with E-state index >= 15 is 0 Å². The summed E-state index contributed by atoms with van der Waals surface area (Å²) in [5.41, 5.74) is 4.17. The van der Waals surface area contributed by atoms with Crippen LogP contribution in [0.5, 0.6) is 34.5 Å². The van der Waals surface area contributed by atoms with Gasteiger partial charge < -0.3 is 28.4 Å². The molecule has 0 saturated heterocycles. The minimum absolute atomic E-state index is 0.152. The maximum atomic E-state index is 12.5. The summed E-state index contributed by atoms with van der Waals surface area (Å²) in [6.07, 6.45) is 1.88. The molecule has 7 heteroatoms. The van der Waals surface area contributed by atoms with Crippen molar-refractivity contribution in [3.63, 3.8) is 0 Å². The standard InChI is InChI=1S/C27H24O7/c1-29-22-4-2-3-18(27(22)31-9-7-16-5-6-21-17(11-16)8-10-30-21)19-13-26(28)34-23-14-25-24(12-20(19)23)32-15-33-25/h2-6,11-12,14,19H,7-10,13,15H2,1H3/t19-/m1/s1. The number of benzene rings is 3. The van der Waals surface area contributed by atoms with Gasteiger partial charge in [-0.25, -0.2) is 0 Å². The number of carbonyl (C=O) groups is 1. The van der Waals surface area contributed by atoms with Crippen molar-refractivity contribution in [3.8, 4) is 34.5 Å². The maximum absolute atomic E-state index is 12.5. The van der Waals surface area contributed by atoms with E-state index in [2.05, 4.69) is 12.1 Å². The summed E-state index contributed by atoms with van der Waals surface area (Å²) in [7, 11) is 1.62. The Hall–Kier alpha value is -3.87. The molecule has 0 fully saturated rings. The third-order valence-electron chi connectivity index (χ3n) is 6.47. The smallest absolute Gasteiger partial charge is 0.312 e. The number of para-hydroxylation sites is 1. The molecule has 0 spiro atoms. The van der Waals surface area contributed by atoms with Crippen LogP contribution in [0.25, 0.3) is 0 Å². The molecule has 3 aromatic rings. The molecule has 0 saturated carbocycles. The molecule has 3 aliphatic heterocycles. The molecule has 34 heavy (non-hydrogen) atoms. The first-order valence-corrected chi connectivity index (χ1v) is 11.4. The fourth-order valence-corrected chi connectivity index (χ4v) is 4.81. The van der Waals surface area contributed by atoms with Crippen LogP contribution in [0.2, 0.25) is 0 Å². The zero-order chi connectivity index (χ0) is 23.1. The molecule has 0 aromatic heterocycles. The Morgan fingerprint density at radius 1 is 0.941 bits per heavy atom. The predicted molar refractivity (Wildman–Crippen MR) is 122 cm³/mol. The van der Waals surface area contributed by atoms with E-state index in [-0.39, 0.29) is 25.1 Å². The lowest BCUT2D eigenvalue weighted by molar-refractivity contribution is -0.135. The van der Waals surface area contributed by atoms with Crippen molar-refractivity contribution < 1.29 is 33.2 Å². The van der Waals surface area contributed by atoms with Crippen molar-refractivity contribution in [1.29, 1.82) is 0 Å². The average molecular weight is 460 g/mol. The number of hydrogen-bond acceptors (Lipinski definition) is 7. The van der Waals surface area contributed by atoms with E-state index in [1.54, 1.807) is 13.2 Å². The van der Waals surface area contributed by atoms with Crippen LogP contribution in [-0.4, -0.2) is 33.1 Å². The molecule has 0 unspecified atom stereocenters. The fourth-order valence-electron chi connectivity index (χ4n) is 4.81. The molecular formula is C27H24O7. The van der Waals surface area contributed by atoms with Crippen LogP contribution in [-0.2, 0) is 17.6 Å². The zero-order valence-corrected chi connectivity index (χ0v) is 18.8. The second-order valence-corrected chi connectivity index (χ2v) is 8.49. The van der Waals surface area contributed by atoms with E-state index in [0.29, 0.717) is 35.4 Å². The number of hydrogen-bond donors (Lipinski definition) is 0. The van der Waals surface area contributed by atoms with E-state index in [1.165, 1.54) is 11.1 Å². The van der Waals surface area contributed by atoms with Gasteiger partial charge in [0.1, 0.15) is 11.5 Å². The van der Waals surface area contributed by atoms with Crippen molar-refractivity contribution in [2.24, 2.45) is 0 Å². The van der Waals surface area contributed by atoms with E-state index in [4.69, 9.17) is 28.4 Å². The van der Waals surface area contributed by atoms with E-state index < -0.39 is 0 Å². The Morgan fingerprint density at radius 2 is 1.82 bits per heavy atom. The summed E-state index contributed by atoms with van der Waals surface area (Å²) in [4.78, 5) is 12.5. The Kier molecular flexibility index (Phi) is 5.17. The largest absolute Gasteiger partial charge is 0.493 e. The first kappa shape index (κ1) is 20.7. The van der Waals surface area contributed by atoms with Crippen LogP contribution in [0.4, 0.5) is 0 Å². The highest BCUT2D eigenvalue weighted by molar-refractivity contribution is 5.79. The lowest BCUT2D eigenvalue weighted by Gasteiger charge is -2.27. The molecule has 0 amide bonds. The monoisotopic (exact) mass is 460 g/mol. The minimum Gasteiger partial charge on any atom is -0.493 e. The summed E-state index contributed by atoms with van der Waals surface area (Å²) in [5.74, 6) is 3.39. The summed E-state index contributed by atoms with van der Waals surface area (Å²) in [6, 6.07) is 15.7. The molecular weight excluding hydrogens is 436 g/mol. The second-order valence-electron chi connectivity index (χ2n) is 8.49. The number of rotatable bonds is 6. The summed E-state index contributed by atoms with van der Waals surface area (Å²) in [6.45, 7) is 1.36. The van der Waals surface area contributed by atoms with Crippen LogP contribution >= 0.6 is 0 Å². The SMILES string of the molecule is COc1cccc([C@H]2CC(=O)Oc3cc4c(cc32)OCO4)c1OCCc1ccc2c(c1)CCO2. The van der Waals surface area contributed by atoms with Gasteiger partial charge in [-0.1, -0.05) is 24.3 Å². The molecule has 0 bridgehead atoms. The van der Waals surface area contributed by atoms with Crippen LogP contribution < -0.4 is 28.4 Å². The van der Waals surface area contributed by atoms with Crippen molar-refractivity contribution >= 4 is 5.97 Å². The number of carbonyl (C=O) groups excluding carboxylic acids is 1. The van der Waals surface area contributed by atoms with Crippen molar-refractivity contribution in [2.45, 2.75) is 25.2 Å². The van der Waals surface area contributed by atoms with Crippen LogP contribution in [0, 0.1) is 0 Å². The molecule has 3 aliphatic rings. The van der Waals surface area contributed by atoms with Gasteiger partial charge in [0.2, 0.25) is 6.79 Å². The first-order valence-electron chi connectivity index (χ1n) is 11.4. The topological polar surface area (TPSA) is 72.5 Å². The quantitative estimate of drug-likeness (QED) is 0.398. The third kappa shape index (κ3) is 3.67. The fraction of sp³-hybridized carbons (Fsp3) is 0.296. The molecule has 0 radical (unpaired) electrons.